The number of carbonyl (C=O) groups is 1. The Hall–Kier alpha value is -2.14. The second kappa shape index (κ2) is 5.93. The van der Waals surface area contributed by atoms with Crippen LogP contribution in [0.4, 0.5) is 0 Å². The molecule has 5 heteroatoms. The van der Waals surface area contributed by atoms with Crippen molar-refractivity contribution in [1.82, 2.24) is 9.78 Å². The molecule has 0 atom stereocenters. The Kier molecular flexibility index (Phi) is 3.98. The number of aromatic nitrogens is 2. The van der Waals surface area contributed by atoms with Gasteiger partial charge in [0, 0.05) is 16.7 Å². The van der Waals surface area contributed by atoms with E-state index in [2.05, 4.69) is 12.0 Å². The summed E-state index contributed by atoms with van der Waals surface area (Å²) in [6, 6.07) is 9.86. The number of para-hydroxylation sites is 1. The number of esters is 1. The number of carbonyl (C=O) groups excluding carboxylic acids is 1. The van der Waals surface area contributed by atoms with E-state index in [1.165, 1.54) is 0 Å². The highest BCUT2D eigenvalue weighted by molar-refractivity contribution is 5.72. The van der Waals surface area contributed by atoms with Crippen LogP contribution in [0.3, 0.4) is 0 Å². The normalized spacial score (nSPS) is 16.1. The molecule has 0 N–H and O–H groups in total. The Morgan fingerprint density at radius 1 is 1.36 bits per heavy atom. The molecule has 0 saturated carbocycles. The fourth-order valence-corrected chi connectivity index (χ4v) is 2.44. The van der Waals surface area contributed by atoms with Crippen LogP contribution in [0, 0.1) is 12.3 Å². The third-order valence-corrected chi connectivity index (χ3v) is 3.93. The van der Waals surface area contributed by atoms with Gasteiger partial charge in [0.1, 0.15) is 6.61 Å². The number of benzene rings is 1. The SMILES string of the molecule is Cc1c(CC(=O)OCC2(C)COC2)cnn1-c1ccccc1. The lowest BCUT2D eigenvalue weighted by molar-refractivity contribution is -0.164. The van der Waals surface area contributed by atoms with Crippen molar-refractivity contribution in [3.8, 4) is 5.69 Å². The maximum atomic E-state index is 12.0. The summed E-state index contributed by atoms with van der Waals surface area (Å²) in [7, 11) is 0. The lowest BCUT2D eigenvalue weighted by Gasteiger charge is -2.37. The van der Waals surface area contributed by atoms with Gasteiger partial charge in [-0.05, 0) is 19.1 Å². The topological polar surface area (TPSA) is 53.4 Å². The Morgan fingerprint density at radius 3 is 2.73 bits per heavy atom. The lowest BCUT2D eigenvalue weighted by atomic mass is 9.90. The van der Waals surface area contributed by atoms with Gasteiger partial charge in [-0.1, -0.05) is 25.1 Å². The maximum absolute atomic E-state index is 12.0. The molecule has 116 valence electrons. The number of hydrogen-bond acceptors (Lipinski definition) is 4. The molecule has 0 bridgehead atoms. The largest absolute Gasteiger partial charge is 0.465 e. The molecule has 3 rings (SSSR count). The molecule has 0 amide bonds. The molecule has 0 unspecified atom stereocenters. The Balaban J connectivity index is 1.63. The van der Waals surface area contributed by atoms with Crippen LogP contribution in [-0.4, -0.2) is 35.6 Å². The summed E-state index contributed by atoms with van der Waals surface area (Å²) in [4.78, 5) is 12.0. The highest BCUT2D eigenvalue weighted by Gasteiger charge is 2.34. The number of nitrogens with zero attached hydrogens (tertiary/aromatic N) is 2. The minimum Gasteiger partial charge on any atom is -0.465 e. The number of rotatable bonds is 5. The van der Waals surface area contributed by atoms with Crippen LogP contribution in [0.1, 0.15) is 18.2 Å². The fourth-order valence-electron chi connectivity index (χ4n) is 2.44. The van der Waals surface area contributed by atoms with Crippen molar-refractivity contribution in [3.05, 3.63) is 47.8 Å². The summed E-state index contributed by atoms with van der Waals surface area (Å²) in [5, 5.41) is 4.36. The summed E-state index contributed by atoms with van der Waals surface area (Å²) in [5.41, 5.74) is 2.82. The predicted octanol–water partition coefficient (Wildman–Crippen LogP) is 2.30. The van der Waals surface area contributed by atoms with Gasteiger partial charge >= 0.3 is 5.97 Å². The minimum atomic E-state index is -0.219. The van der Waals surface area contributed by atoms with Crippen LogP contribution in [0.5, 0.6) is 0 Å². The van der Waals surface area contributed by atoms with E-state index in [1.807, 2.05) is 41.9 Å². The second-order valence-electron chi connectivity index (χ2n) is 6.14. The van der Waals surface area contributed by atoms with Crippen molar-refractivity contribution in [2.75, 3.05) is 19.8 Å². The summed E-state index contributed by atoms with van der Waals surface area (Å²) >= 11 is 0. The van der Waals surface area contributed by atoms with E-state index in [-0.39, 0.29) is 17.8 Å². The predicted molar refractivity (Wildman–Crippen MR) is 81.9 cm³/mol. The second-order valence-corrected chi connectivity index (χ2v) is 6.14. The molecule has 2 aromatic rings. The minimum absolute atomic E-state index is 0.0150. The van der Waals surface area contributed by atoms with Crippen molar-refractivity contribution < 1.29 is 14.3 Å². The van der Waals surface area contributed by atoms with Crippen molar-refractivity contribution in [2.45, 2.75) is 20.3 Å². The van der Waals surface area contributed by atoms with Gasteiger partial charge in [0.25, 0.3) is 0 Å². The van der Waals surface area contributed by atoms with Crippen LogP contribution in [0.2, 0.25) is 0 Å². The lowest BCUT2D eigenvalue weighted by Crippen LogP contribution is -2.44. The first kappa shape index (κ1) is 14.8. The third kappa shape index (κ3) is 3.04. The highest BCUT2D eigenvalue weighted by Crippen LogP contribution is 2.26. The molecule has 1 fully saturated rings. The third-order valence-electron chi connectivity index (χ3n) is 3.93. The zero-order valence-electron chi connectivity index (χ0n) is 12.9. The van der Waals surface area contributed by atoms with E-state index in [9.17, 15) is 4.79 Å². The van der Waals surface area contributed by atoms with Gasteiger partial charge in [0.15, 0.2) is 0 Å². The molecule has 2 heterocycles. The average molecular weight is 300 g/mol. The molecule has 5 nitrogen and oxygen atoms in total. The van der Waals surface area contributed by atoms with E-state index in [1.54, 1.807) is 6.20 Å². The molecule has 22 heavy (non-hydrogen) atoms. The van der Waals surface area contributed by atoms with Crippen LogP contribution >= 0.6 is 0 Å². The zero-order valence-corrected chi connectivity index (χ0v) is 12.9. The molecule has 1 aliphatic heterocycles. The molecule has 0 aliphatic carbocycles. The standard InChI is InChI=1S/C17H20N2O3/c1-13-14(8-16(20)22-12-17(2)10-21-11-17)9-18-19(13)15-6-4-3-5-7-15/h3-7,9H,8,10-12H2,1-2H3. The van der Waals surface area contributed by atoms with Gasteiger partial charge < -0.3 is 9.47 Å². The van der Waals surface area contributed by atoms with Gasteiger partial charge in [0.05, 0.1) is 31.5 Å². The van der Waals surface area contributed by atoms with Crippen molar-refractivity contribution in [2.24, 2.45) is 5.41 Å². The van der Waals surface area contributed by atoms with E-state index >= 15 is 0 Å². The highest BCUT2D eigenvalue weighted by atomic mass is 16.5. The summed E-state index contributed by atoms with van der Waals surface area (Å²) < 4.78 is 12.4. The Labute approximate surface area is 129 Å². The van der Waals surface area contributed by atoms with Crippen molar-refractivity contribution in [3.63, 3.8) is 0 Å². The van der Waals surface area contributed by atoms with E-state index in [0.29, 0.717) is 19.8 Å². The molecule has 1 aliphatic rings. The molecule has 0 spiro atoms. The molecule has 1 aromatic carbocycles. The van der Waals surface area contributed by atoms with Gasteiger partial charge in [0.2, 0.25) is 0 Å². The monoisotopic (exact) mass is 300 g/mol. The van der Waals surface area contributed by atoms with Gasteiger partial charge in [-0.2, -0.15) is 5.10 Å². The summed E-state index contributed by atoms with van der Waals surface area (Å²) in [6.45, 7) is 5.75. The summed E-state index contributed by atoms with van der Waals surface area (Å²) in [5.74, 6) is -0.219. The smallest absolute Gasteiger partial charge is 0.310 e. The first-order valence-corrected chi connectivity index (χ1v) is 7.40. The zero-order chi connectivity index (χ0) is 15.6. The summed E-state index contributed by atoms with van der Waals surface area (Å²) in [6.07, 6.45) is 1.98. The van der Waals surface area contributed by atoms with Gasteiger partial charge in [-0.15, -0.1) is 0 Å². The number of ether oxygens (including phenoxy) is 2. The van der Waals surface area contributed by atoms with Crippen molar-refractivity contribution in [1.29, 1.82) is 0 Å². The van der Waals surface area contributed by atoms with Gasteiger partial charge in [-0.3, -0.25) is 4.79 Å². The quantitative estimate of drug-likeness (QED) is 0.795. The molecule has 0 radical (unpaired) electrons. The van der Waals surface area contributed by atoms with Crippen LogP contribution in [0.15, 0.2) is 36.5 Å². The van der Waals surface area contributed by atoms with E-state index < -0.39 is 0 Å². The van der Waals surface area contributed by atoms with E-state index in [0.717, 1.165) is 16.9 Å². The van der Waals surface area contributed by atoms with Crippen LogP contribution in [-0.2, 0) is 20.7 Å². The van der Waals surface area contributed by atoms with Crippen LogP contribution < -0.4 is 0 Å². The Bertz CT molecular complexity index is 660. The molecular weight excluding hydrogens is 280 g/mol. The maximum Gasteiger partial charge on any atom is 0.310 e. The number of hydrogen-bond donors (Lipinski definition) is 0. The first-order valence-electron chi connectivity index (χ1n) is 7.40. The van der Waals surface area contributed by atoms with E-state index in [4.69, 9.17) is 9.47 Å². The van der Waals surface area contributed by atoms with Gasteiger partial charge in [-0.25, -0.2) is 4.68 Å². The van der Waals surface area contributed by atoms with Crippen molar-refractivity contribution >= 4 is 5.97 Å². The average Bonchev–Trinajstić information content (AvgIpc) is 2.85. The Morgan fingerprint density at radius 2 is 2.09 bits per heavy atom. The first-order chi connectivity index (χ1) is 10.6. The molecular formula is C17H20N2O3. The fraction of sp³-hybridized carbons (Fsp3) is 0.412. The molecule has 1 aromatic heterocycles. The van der Waals surface area contributed by atoms with Crippen LogP contribution in [0.25, 0.3) is 5.69 Å². The molecule has 1 saturated heterocycles.